The van der Waals surface area contributed by atoms with Gasteiger partial charge in [0.25, 0.3) is 11.8 Å². The fraction of sp³-hybridized carbons (Fsp3) is 0.150. The van der Waals surface area contributed by atoms with Crippen molar-refractivity contribution in [3.8, 4) is 11.5 Å². The SMILES string of the molecule is O=C(Nc1nc2c(s1)C(=O)NCCC2)c1ccccc1Oc1ccccc1. The molecule has 2 amide bonds. The Hall–Kier alpha value is -3.19. The molecule has 0 saturated carbocycles. The number of benzene rings is 2. The number of aryl methyl sites for hydroxylation is 1. The molecular formula is C20H17N3O3S. The van der Waals surface area contributed by atoms with E-state index in [1.807, 2.05) is 36.4 Å². The van der Waals surface area contributed by atoms with E-state index in [9.17, 15) is 9.59 Å². The third-order valence-electron chi connectivity index (χ3n) is 4.10. The number of nitrogens with zero attached hydrogens (tertiary/aromatic N) is 1. The largest absolute Gasteiger partial charge is 0.457 e. The number of hydrogen-bond donors (Lipinski definition) is 2. The second-order valence-electron chi connectivity index (χ2n) is 6.02. The molecule has 3 aromatic rings. The number of thiazole rings is 1. The van der Waals surface area contributed by atoms with Gasteiger partial charge in [0.15, 0.2) is 5.13 Å². The number of carbonyl (C=O) groups is 2. The highest BCUT2D eigenvalue weighted by atomic mass is 32.1. The number of nitrogens with one attached hydrogen (secondary N) is 2. The van der Waals surface area contributed by atoms with Gasteiger partial charge in [-0.2, -0.15) is 0 Å². The van der Waals surface area contributed by atoms with Gasteiger partial charge < -0.3 is 10.1 Å². The minimum atomic E-state index is -0.328. The van der Waals surface area contributed by atoms with Crippen LogP contribution in [0, 0.1) is 0 Å². The van der Waals surface area contributed by atoms with Crippen LogP contribution in [0.1, 0.15) is 32.1 Å². The Morgan fingerprint density at radius 2 is 1.89 bits per heavy atom. The number of fused-ring (bicyclic) bond motifs is 1. The molecule has 0 spiro atoms. The van der Waals surface area contributed by atoms with E-state index in [-0.39, 0.29) is 11.8 Å². The second-order valence-corrected chi connectivity index (χ2v) is 7.02. The van der Waals surface area contributed by atoms with Gasteiger partial charge in [-0.3, -0.25) is 14.9 Å². The fourth-order valence-electron chi connectivity index (χ4n) is 2.81. The van der Waals surface area contributed by atoms with Crippen molar-refractivity contribution in [3.05, 3.63) is 70.7 Å². The second kappa shape index (κ2) is 7.59. The molecule has 0 atom stereocenters. The third-order valence-corrected chi connectivity index (χ3v) is 5.11. The van der Waals surface area contributed by atoms with Gasteiger partial charge in [-0.25, -0.2) is 4.98 Å². The fourth-order valence-corrected chi connectivity index (χ4v) is 3.74. The van der Waals surface area contributed by atoms with Crippen molar-refractivity contribution in [3.63, 3.8) is 0 Å². The molecule has 2 heterocycles. The van der Waals surface area contributed by atoms with Crippen molar-refractivity contribution in [2.75, 3.05) is 11.9 Å². The van der Waals surface area contributed by atoms with E-state index in [1.54, 1.807) is 18.2 Å². The molecule has 4 rings (SSSR count). The minimum absolute atomic E-state index is 0.131. The van der Waals surface area contributed by atoms with Crippen LogP contribution < -0.4 is 15.4 Å². The lowest BCUT2D eigenvalue weighted by molar-refractivity contribution is 0.0958. The lowest BCUT2D eigenvalue weighted by Gasteiger charge is -2.10. The molecule has 0 aliphatic carbocycles. The first-order valence-electron chi connectivity index (χ1n) is 8.62. The Labute approximate surface area is 160 Å². The molecule has 1 aromatic heterocycles. The lowest BCUT2D eigenvalue weighted by atomic mass is 10.2. The maximum Gasteiger partial charge on any atom is 0.263 e. The van der Waals surface area contributed by atoms with Crippen LogP contribution in [-0.2, 0) is 6.42 Å². The standard InChI is InChI=1S/C20H17N3O3S/c24-18(23-20-22-15-10-6-12-21-19(25)17(15)27-20)14-9-4-5-11-16(14)26-13-7-2-1-3-8-13/h1-5,7-9,11H,6,10,12H2,(H,21,25)(H,22,23,24). The molecule has 0 radical (unpaired) electrons. The molecule has 0 bridgehead atoms. The van der Waals surface area contributed by atoms with Gasteiger partial charge in [0.1, 0.15) is 16.4 Å². The molecule has 136 valence electrons. The first-order valence-corrected chi connectivity index (χ1v) is 9.43. The van der Waals surface area contributed by atoms with Crippen molar-refractivity contribution in [1.82, 2.24) is 10.3 Å². The van der Waals surface area contributed by atoms with E-state index in [0.717, 1.165) is 12.1 Å². The molecule has 0 unspecified atom stereocenters. The molecule has 27 heavy (non-hydrogen) atoms. The van der Waals surface area contributed by atoms with Crippen molar-refractivity contribution >= 4 is 28.3 Å². The Morgan fingerprint density at radius 1 is 1.11 bits per heavy atom. The summed E-state index contributed by atoms with van der Waals surface area (Å²) in [7, 11) is 0. The van der Waals surface area contributed by atoms with Crippen molar-refractivity contribution < 1.29 is 14.3 Å². The zero-order valence-corrected chi connectivity index (χ0v) is 15.2. The molecule has 7 heteroatoms. The number of rotatable bonds is 4. The van der Waals surface area contributed by atoms with E-state index < -0.39 is 0 Å². The van der Waals surface area contributed by atoms with Gasteiger partial charge in [-0.1, -0.05) is 41.7 Å². The summed E-state index contributed by atoms with van der Waals surface area (Å²) >= 11 is 1.19. The van der Waals surface area contributed by atoms with Crippen LogP contribution in [-0.4, -0.2) is 23.3 Å². The topological polar surface area (TPSA) is 80.3 Å². The molecule has 0 fully saturated rings. The lowest BCUT2D eigenvalue weighted by Crippen LogP contribution is -2.21. The summed E-state index contributed by atoms with van der Waals surface area (Å²) in [5, 5.41) is 6.04. The first-order chi connectivity index (χ1) is 13.2. The smallest absolute Gasteiger partial charge is 0.263 e. The Balaban J connectivity index is 1.56. The summed E-state index contributed by atoms with van der Waals surface area (Å²) in [4.78, 5) is 29.8. The van der Waals surface area contributed by atoms with Gasteiger partial charge >= 0.3 is 0 Å². The van der Waals surface area contributed by atoms with Gasteiger partial charge in [0.05, 0.1) is 11.3 Å². The van der Waals surface area contributed by atoms with Crippen molar-refractivity contribution in [1.29, 1.82) is 0 Å². The predicted octanol–water partition coefficient (Wildman–Crippen LogP) is 3.86. The quantitative estimate of drug-likeness (QED) is 0.721. The first kappa shape index (κ1) is 17.2. The zero-order valence-electron chi connectivity index (χ0n) is 14.4. The average Bonchev–Trinajstić information content (AvgIpc) is 3.01. The van der Waals surface area contributed by atoms with Gasteiger partial charge in [-0.05, 0) is 37.1 Å². The summed E-state index contributed by atoms with van der Waals surface area (Å²) in [6.07, 6.45) is 1.55. The van der Waals surface area contributed by atoms with Gasteiger partial charge in [-0.15, -0.1) is 0 Å². The molecule has 2 N–H and O–H groups in total. The maximum absolute atomic E-state index is 12.8. The van der Waals surface area contributed by atoms with Crippen LogP contribution in [0.2, 0.25) is 0 Å². The zero-order chi connectivity index (χ0) is 18.6. The number of carbonyl (C=O) groups excluding carboxylic acids is 2. The highest BCUT2D eigenvalue weighted by molar-refractivity contribution is 7.17. The molecular weight excluding hydrogens is 362 g/mol. The molecule has 0 saturated heterocycles. The van der Waals surface area contributed by atoms with E-state index >= 15 is 0 Å². The van der Waals surface area contributed by atoms with Crippen LogP contribution in [0.4, 0.5) is 5.13 Å². The van der Waals surface area contributed by atoms with Crippen LogP contribution in [0.3, 0.4) is 0 Å². The number of anilines is 1. The molecule has 6 nitrogen and oxygen atoms in total. The maximum atomic E-state index is 12.8. The number of ether oxygens (including phenoxy) is 1. The van der Waals surface area contributed by atoms with E-state index in [4.69, 9.17) is 4.74 Å². The predicted molar refractivity (Wildman–Crippen MR) is 104 cm³/mol. The number of amides is 2. The van der Waals surface area contributed by atoms with Crippen molar-refractivity contribution in [2.24, 2.45) is 0 Å². The summed E-state index contributed by atoms with van der Waals surface area (Å²) in [5.74, 6) is 0.645. The van der Waals surface area contributed by atoms with Crippen LogP contribution in [0.25, 0.3) is 0 Å². The third kappa shape index (κ3) is 3.83. The van der Waals surface area contributed by atoms with Gasteiger partial charge in [0.2, 0.25) is 0 Å². The summed E-state index contributed by atoms with van der Waals surface area (Å²) in [5.41, 5.74) is 1.13. The Morgan fingerprint density at radius 3 is 2.74 bits per heavy atom. The van der Waals surface area contributed by atoms with E-state index in [2.05, 4.69) is 15.6 Å². The summed E-state index contributed by atoms with van der Waals surface area (Å²) < 4.78 is 5.84. The average molecular weight is 379 g/mol. The molecule has 2 aromatic carbocycles. The van der Waals surface area contributed by atoms with E-state index in [0.29, 0.717) is 40.0 Å². The van der Waals surface area contributed by atoms with Crippen LogP contribution in [0.15, 0.2) is 54.6 Å². The number of para-hydroxylation sites is 2. The normalized spacial score (nSPS) is 13.3. The Kier molecular flexibility index (Phi) is 4.84. The highest BCUT2D eigenvalue weighted by Crippen LogP contribution is 2.28. The summed E-state index contributed by atoms with van der Waals surface area (Å²) in [6.45, 7) is 0.647. The van der Waals surface area contributed by atoms with Gasteiger partial charge in [0, 0.05) is 6.54 Å². The number of hydrogen-bond acceptors (Lipinski definition) is 5. The Bertz CT molecular complexity index is 985. The molecule has 1 aliphatic rings. The van der Waals surface area contributed by atoms with Crippen LogP contribution >= 0.6 is 11.3 Å². The summed E-state index contributed by atoms with van der Waals surface area (Å²) in [6, 6.07) is 16.3. The van der Waals surface area contributed by atoms with E-state index in [1.165, 1.54) is 11.3 Å². The minimum Gasteiger partial charge on any atom is -0.457 e. The van der Waals surface area contributed by atoms with Crippen molar-refractivity contribution in [2.45, 2.75) is 12.8 Å². The number of aromatic nitrogens is 1. The highest BCUT2D eigenvalue weighted by Gasteiger charge is 2.22. The molecule has 1 aliphatic heterocycles. The van der Waals surface area contributed by atoms with Crippen LogP contribution in [0.5, 0.6) is 11.5 Å². The monoisotopic (exact) mass is 379 g/mol.